The van der Waals surface area contributed by atoms with Gasteiger partial charge in [-0.05, 0) is 63.1 Å². The predicted octanol–water partition coefficient (Wildman–Crippen LogP) is 2.78. The van der Waals surface area contributed by atoms with Crippen molar-refractivity contribution in [1.82, 2.24) is 15.2 Å². The van der Waals surface area contributed by atoms with Crippen LogP contribution in [0, 0.1) is 6.92 Å². The van der Waals surface area contributed by atoms with Crippen molar-refractivity contribution >= 4 is 23.5 Å². The van der Waals surface area contributed by atoms with Gasteiger partial charge in [-0.1, -0.05) is 6.07 Å². The molecule has 2 aromatic rings. The van der Waals surface area contributed by atoms with Gasteiger partial charge >= 0.3 is 0 Å². The molecular formula is C24H30N4O5. The monoisotopic (exact) mass is 454 g/mol. The Bertz CT molecular complexity index is 1030. The lowest BCUT2D eigenvalue weighted by Gasteiger charge is -2.26. The van der Waals surface area contributed by atoms with E-state index in [2.05, 4.69) is 15.6 Å². The van der Waals surface area contributed by atoms with E-state index in [1.165, 1.54) is 4.90 Å². The summed E-state index contributed by atoms with van der Waals surface area (Å²) in [5, 5.41) is 5.57. The Morgan fingerprint density at radius 1 is 1.03 bits per heavy atom. The Morgan fingerprint density at radius 2 is 1.79 bits per heavy atom. The van der Waals surface area contributed by atoms with Gasteiger partial charge < -0.3 is 25.0 Å². The Hall–Kier alpha value is -3.62. The van der Waals surface area contributed by atoms with Gasteiger partial charge in [-0.15, -0.1) is 0 Å². The summed E-state index contributed by atoms with van der Waals surface area (Å²) in [6, 6.07) is 8.97. The number of pyridine rings is 1. The van der Waals surface area contributed by atoms with Gasteiger partial charge in [0, 0.05) is 31.1 Å². The van der Waals surface area contributed by atoms with Crippen molar-refractivity contribution in [2.24, 2.45) is 0 Å². The average Bonchev–Trinajstić information content (AvgIpc) is 3.18. The first-order valence-corrected chi connectivity index (χ1v) is 10.8. The van der Waals surface area contributed by atoms with Gasteiger partial charge in [0.15, 0.2) is 11.5 Å². The van der Waals surface area contributed by atoms with Crippen molar-refractivity contribution in [2.75, 3.05) is 18.7 Å². The molecule has 0 atom stereocenters. The van der Waals surface area contributed by atoms with Gasteiger partial charge in [-0.2, -0.15) is 0 Å². The summed E-state index contributed by atoms with van der Waals surface area (Å²) >= 11 is 0. The van der Waals surface area contributed by atoms with E-state index in [0.29, 0.717) is 17.3 Å². The first-order valence-electron chi connectivity index (χ1n) is 10.8. The Kier molecular flexibility index (Phi) is 7.52. The summed E-state index contributed by atoms with van der Waals surface area (Å²) in [7, 11) is 0. The number of rotatable bonds is 8. The molecule has 0 bridgehead atoms. The largest absolute Gasteiger partial charge is 0.454 e. The molecule has 1 aliphatic rings. The molecule has 33 heavy (non-hydrogen) atoms. The lowest BCUT2D eigenvalue weighted by Crippen LogP contribution is -2.47. The average molecular weight is 455 g/mol. The first kappa shape index (κ1) is 24.0. The number of nitrogens with one attached hydrogen (secondary N) is 2. The van der Waals surface area contributed by atoms with Gasteiger partial charge in [0.05, 0.1) is 6.54 Å². The van der Waals surface area contributed by atoms with Gasteiger partial charge in [-0.3, -0.25) is 14.4 Å². The second-order valence-electron chi connectivity index (χ2n) is 9.00. The molecule has 0 spiro atoms. The highest BCUT2D eigenvalue weighted by molar-refractivity contribution is 5.93. The fourth-order valence-corrected chi connectivity index (χ4v) is 3.31. The number of hydrogen-bond acceptors (Lipinski definition) is 6. The van der Waals surface area contributed by atoms with Gasteiger partial charge in [0.1, 0.15) is 5.82 Å². The van der Waals surface area contributed by atoms with Crippen LogP contribution in [0.1, 0.15) is 44.7 Å². The van der Waals surface area contributed by atoms with Crippen LogP contribution >= 0.6 is 0 Å². The number of nitrogens with zero attached hydrogens (tertiary/aromatic N) is 2. The highest BCUT2D eigenvalue weighted by atomic mass is 16.7. The summed E-state index contributed by atoms with van der Waals surface area (Å²) < 4.78 is 10.7. The number of ether oxygens (including phenoxy) is 2. The molecule has 3 rings (SSSR count). The van der Waals surface area contributed by atoms with E-state index in [0.717, 1.165) is 11.1 Å². The van der Waals surface area contributed by atoms with Crippen LogP contribution in [-0.4, -0.2) is 46.5 Å². The molecule has 2 heterocycles. The van der Waals surface area contributed by atoms with E-state index in [-0.39, 0.29) is 50.4 Å². The van der Waals surface area contributed by atoms with Crippen LogP contribution in [0.15, 0.2) is 36.5 Å². The minimum atomic E-state index is -0.425. The summed E-state index contributed by atoms with van der Waals surface area (Å²) in [6.07, 6.45) is 1.55. The zero-order valence-corrected chi connectivity index (χ0v) is 19.4. The molecular weight excluding hydrogens is 424 g/mol. The quantitative estimate of drug-likeness (QED) is 0.635. The third-order valence-electron chi connectivity index (χ3n) is 4.76. The molecule has 176 valence electrons. The van der Waals surface area contributed by atoms with Crippen LogP contribution in [0.4, 0.5) is 5.82 Å². The number of benzene rings is 1. The molecule has 0 fully saturated rings. The topological polar surface area (TPSA) is 110 Å². The summed E-state index contributed by atoms with van der Waals surface area (Å²) in [6.45, 7) is 7.76. The molecule has 1 aromatic heterocycles. The van der Waals surface area contributed by atoms with Crippen LogP contribution in [0.2, 0.25) is 0 Å². The maximum absolute atomic E-state index is 13.0. The van der Waals surface area contributed by atoms with Gasteiger partial charge in [-0.25, -0.2) is 4.98 Å². The van der Waals surface area contributed by atoms with Crippen LogP contribution in [0.25, 0.3) is 0 Å². The van der Waals surface area contributed by atoms with Crippen molar-refractivity contribution in [3.63, 3.8) is 0 Å². The highest BCUT2D eigenvalue weighted by Crippen LogP contribution is 2.32. The maximum Gasteiger partial charge on any atom is 0.240 e. The zero-order valence-electron chi connectivity index (χ0n) is 19.4. The van der Waals surface area contributed by atoms with Crippen LogP contribution < -0.4 is 20.1 Å². The third kappa shape index (κ3) is 7.48. The smallest absolute Gasteiger partial charge is 0.240 e. The number of hydrogen-bond donors (Lipinski definition) is 2. The molecule has 9 heteroatoms. The van der Waals surface area contributed by atoms with Crippen molar-refractivity contribution in [3.8, 4) is 11.5 Å². The van der Waals surface area contributed by atoms with Crippen LogP contribution in [-0.2, 0) is 20.9 Å². The van der Waals surface area contributed by atoms with Crippen molar-refractivity contribution in [2.45, 2.75) is 52.6 Å². The maximum atomic E-state index is 13.0. The van der Waals surface area contributed by atoms with Crippen LogP contribution in [0.3, 0.4) is 0 Å². The number of fused-ring (bicyclic) bond motifs is 1. The van der Waals surface area contributed by atoms with Crippen molar-refractivity contribution in [3.05, 3.63) is 47.7 Å². The van der Waals surface area contributed by atoms with E-state index in [4.69, 9.17) is 9.47 Å². The molecule has 0 aliphatic carbocycles. The second kappa shape index (κ2) is 10.3. The van der Waals surface area contributed by atoms with E-state index in [9.17, 15) is 14.4 Å². The van der Waals surface area contributed by atoms with E-state index in [1.54, 1.807) is 24.4 Å². The fraction of sp³-hybridized carbons (Fsp3) is 0.417. The summed E-state index contributed by atoms with van der Waals surface area (Å²) in [5.74, 6) is 0.791. The highest BCUT2D eigenvalue weighted by Gasteiger charge is 2.22. The number of aromatic nitrogens is 1. The number of carbonyl (C=O) groups is 3. The molecule has 1 aromatic carbocycles. The minimum Gasteiger partial charge on any atom is -0.454 e. The van der Waals surface area contributed by atoms with E-state index in [1.807, 2.05) is 39.8 Å². The number of carbonyl (C=O) groups excluding carboxylic acids is 3. The van der Waals surface area contributed by atoms with Crippen molar-refractivity contribution in [1.29, 1.82) is 0 Å². The SMILES string of the molecule is Cc1ccnc(NC(=O)CCC(=O)N(CC(=O)NC(C)(C)C)Cc2ccc3c(c2)OCO3)c1. The molecule has 0 saturated carbocycles. The molecule has 9 nitrogen and oxygen atoms in total. The predicted molar refractivity (Wildman–Crippen MR) is 123 cm³/mol. The lowest BCUT2D eigenvalue weighted by molar-refractivity contribution is -0.137. The molecule has 0 radical (unpaired) electrons. The Balaban J connectivity index is 1.64. The summed E-state index contributed by atoms with van der Waals surface area (Å²) in [4.78, 5) is 43.4. The normalized spacial score (nSPS) is 12.2. The molecule has 3 amide bonds. The van der Waals surface area contributed by atoms with Crippen molar-refractivity contribution < 1.29 is 23.9 Å². The molecule has 0 saturated heterocycles. The number of amides is 3. The molecule has 0 unspecified atom stereocenters. The first-order chi connectivity index (χ1) is 15.6. The third-order valence-corrected chi connectivity index (χ3v) is 4.76. The van der Waals surface area contributed by atoms with Gasteiger partial charge in [0.2, 0.25) is 24.5 Å². The lowest BCUT2D eigenvalue weighted by atomic mass is 10.1. The molecule has 1 aliphatic heterocycles. The second-order valence-corrected chi connectivity index (χ2v) is 9.00. The standard InChI is InChI=1S/C24H30N4O5/c1-16-9-10-25-20(11-16)26-21(29)7-8-23(31)28(14-22(30)27-24(2,3)4)13-17-5-6-18-19(12-17)33-15-32-18/h5-6,9-12H,7-8,13-15H2,1-4H3,(H,27,30)(H,25,26,29). The molecule has 2 N–H and O–H groups in total. The fourth-order valence-electron chi connectivity index (χ4n) is 3.31. The van der Waals surface area contributed by atoms with Crippen LogP contribution in [0.5, 0.6) is 11.5 Å². The number of anilines is 1. The zero-order chi connectivity index (χ0) is 24.0. The van der Waals surface area contributed by atoms with E-state index >= 15 is 0 Å². The number of aryl methyl sites for hydroxylation is 1. The Morgan fingerprint density at radius 3 is 2.52 bits per heavy atom. The summed E-state index contributed by atoms with van der Waals surface area (Å²) in [5.41, 5.74) is 1.34. The van der Waals surface area contributed by atoms with E-state index < -0.39 is 5.54 Å². The Labute approximate surface area is 193 Å². The minimum absolute atomic E-state index is 0.0208. The van der Waals surface area contributed by atoms with Gasteiger partial charge in [0.25, 0.3) is 0 Å².